The van der Waals surface area contributed by atoms with E-state index < -0.39 is 0 Å². The molecule has 0 saturated heterocycles. The van der Waals surface area contributed by atoms with Gasteiger partial charge in [-0.25, -0.2) is 0 Å². The smallest absolute Gasteiger partial charge is 0.233 e. The highest BCUT2D eigenvalue weighted by atomic mass is 16.4. The lowest BCUT2D eigenvalue weighted by Gasteiger charge is -2.10. The molecule has 1 aliphatic carbocycles. The van der Waals surface area contributed by atoms with Crippen LogP contribution < -0.4 is 5.32 Å². The molecule has 0 amide bonds. The highest BCUT2D eigenvalue weighted by Gasteiger charge is 2.24. The second kappa shape index (κ2) is 5.43. The maximum Gasteiger partial charge on any atom is 0.233 e. The van der Waals surface area contributed by atoms with Crippen LogP contribution in [0, 0.1) is 0 Å². The summed E-state index contributed by atoms with van der Waals surface area (Å²) in [5.74, 6) is 2.12. The van der Waals surface area contributed by atoms with Crippen molar-refractivity contribution in [2.24, 2.45) is 0 Å². The van der Waals surface area contributed by atoms with Crippen molar-refractivity contribution < 1.29 is 4.42 Å². The van der Waals surface area contributed by atoms with Gasteiger partial charge in [0.2, 0.25) is 11.8 Å². The first-order chi connectivity index (χ1) is 7.85. The van der Waals surface area contributed by atoms with E-state index >= 15 is 0 Å². The Hall–Kier alpha value is -0.900. The van der Waals surface area contributed by atoms with E-state index in [0.717, 1.165) is 24.7 Å². The van der Waals surface area contributed by atoms with Gasteiger partial charge in [0.1, 0.15) is 0 Å². The van der Waals surface area contributed by atoms with E-state index in [1.165, 1.54) is 25.7 Å². The lowest BCUT2D eigenvalue weighted by molar-refractivity contribution is 0.361. The Balaban J connectivity index is 2.05. The molecule has 1 aromatic heterocycles. The summed E-state index contributed by atoms with van der Waals surface area (Å²) in [6.07, 6.45) is 6.00. The van der Waals surface area contributed by atoms with Gasteiger partial charge in [-0.05, 0) is 25.8 Å². The van der Waals surface area contributed by atoms with Gasteiger partial charge in [-0.2, -0.15) is 0 Å². The molecule has 1 unspecified atom stereocenters. The van der Waals surface area contributed by atoms with Crippen molar-refractivity contribution in [2.75, 3.05) is 6.54 Å². The van der Waals surface area contributed by atoms with Crippen LogP contribution in [0.3, 0.4) is 0 Å². The molecule has 1 aliphatic rings. The normalized spacial score (nSPS) is 19.1. The number of hydrogen-bond donors (Lipinski definition) is 1. The highest BCUT2D eigenvalue weighted by Crippen LogP contribution is 2.33. The Bertz CT molecular complexity index is 318. The van der Waals surface area contributed by atoms with E-state index in [0.29, 0.717) is 5.92 Å². The Morgan fingerprint density at radius 1 is 1.31 bits per heavy atom. The largest absolute Gasteiger partial charge is 0.423 e. The van der Waals surface area contributed by atoms with E-state index in [9.17, 15) is 0 Å². The molecule has 16 heavy (non-hydrogen) atoms. The molecule has 1 aromatic rings. The predicted octanol–water partition coefficient (Wildman–Crippen LogP) is 2.79. The molecule has 2 rings (SSSR count). The van der Waals surface area contributed by atoms with E-state index in [1.807, 2.05) is 0 Å². The minimum Gasteiger partial charge on any atom is -0.423 e. The van der Waals surface area contributed by atoms with Crippen LogP contribution in [0.25, 0.3) is 0 Å². The number of nitrogens with one attached hydrogen (secondary N) is 1. The van der Waals surface area contributed by atoms with Crippen molar-refractivity contribution in [2.45, 2.75) is 57.9 Å². The third kappa shape index (κ3) is 2.43. The van der Waals surface area contributed by atoms with Crippen molar-refractivity contribution in [3.63, 3.8) is 0 Å². The topological polar surface area (TPSA) is 51.0 Å². The van der Waals surface area contributed by atoms with E-state index in [1.54, 1.807) is 0 Å². The summed E-state index contributed by atoms with van der Waals surface area (Å²) in [7, 11) is 0. The van der Waals surface area contributed by atoms with Crippen molar-refractivity contribution in [1.29, 1.82) is 0 Å². The van der Waals surface area contributed by atoms with Crippen LogP contribution in [-0.4, -0.2) is 16.7 Å². The molecule has 1 fully saturated rings. The molecule has 0 aliphatic heterocycles. The zero-order chi connectivity index (χ0) is 11.4. The van der Waals surface area contributed by atoms with Gasteiger partial charge >= 0.3 is 0 Å². The second-order valence-corrected chi connectivity index (χ2v) is 4.48. The Kier molecular flexibility index (Phi) is 3.93. The first-order valence-corrected chi connectivity index (χ1v) is 6.41. The molecular weight excluding hydrogens is 202 g/mol. The Labute approximate surface area is 96.8 Å². The zero-order valence-electron chi connectivity index (χ0n) is 10.2. The highest BCUT2D eigenvalue weighted by molar-refractivity contribution is 4.96. The van der Waals surface area contributed by atoms with Gasteiger partial charge in [-0.15, -0.1) is 10.2 Å². The predicted molar refractivity (Wildman–Crippen MR) is 62.2 cm³/mol. The van der Waals surface area contributed by atoms with Crippen molar-refractivity contribution in [3.8, 4) is 0 Å². The Morgan fingerprint density at radius 2 is 2.06 bits per heavy atom. The van der Waals surface area contributed by atoms with Gasteiger partial charge < -0.3 is 9.73 Å². The molecule has 1 N–H and O–H groups in total. The first-order valence-electron chi connectivity index (χ1n) is 6.41. The molecule has 1 saturated carbocycles. The van der Waals surface area contributed by atoms with Crippen LogP contribution in [0.15, 0.2) is 4.42 Å². The third-order valence-electron chi connectivity index (χ3n) is 3.32. The molecule has 1 atom stereocenters. The van der Waals surface area contributed by atoms with Crippen LogP contribution in [0.2, 0.25) is 0 Å². The van der Waals surface area contributed by atoms with E-state index in [2.05, 4.69) is 29.4 Å². The average Bonchev–Trinajstić information content (AvgIpc) is 2.95. The molecule has 0 radical (unpaired) electrons. The summed E-state index contributed by atoms with van der Waals surface area (Å²) >= 11 is 0. The first kappa shape index (κ1) is 11.6. The average molecular weight is 223 g/mol. The fourth-order valence-electron chi connectivity index (χ4n) is 2.38. The van der Waals surface area contributed by atoms with Crippen molar-refractivity contribution in [3.05, 3.63) is 11.8 Å². The summed E-state index contributed by atoms with van der Waals surface area (Å²) in [5.41, 5.74) is 0. The van der Waals surface area contributed by atoms with Crippen LogP contribution in [-0.2, 0) is 0 Å². The van der Waals surface area contributed by atoms with Gasteiger partial charge in [0, 0.05) is 5.92 Å². The molecule has 90 valence electrons. The molecule has 4 heteroatoms. The molecule has 0 bridgehead atoms. The van der Waals surface area contributed by atoms with Crippen molar-refractivity contribution in [1.82, 2.24) is 15.5 Å². The maximum atomic E-state index is 5.79. The summed E-state index contributed by atoms with van der Waals surface area (Å²) < 4.78 is 5.79. The van der Waals surface area contributed by atoms with Gasteiger partial charge in [-0.1, -0.05) is 26.7 Å². The van der Waals surface area contributed by atoms with E-state index in [-0.39, 0.29) is 6.04 Å². The quantitative estimate of drug-likeness (QED) is 0.834. The fourth-order valence-corrected chi connectivity index (χ4v) is 2.38. The fraction of sp³-hybridized carbons (Fsp3) is 0.833. The van der Waals surface area contributed by atoms with Gasteiger partial charge in [-0.3, -0.25) is 0 Å². The minimum atomic E-state index is 0.215. The summed E-state index contributed by atoms with van der Waals surface area (Å²) in [5, 5.41) is 11.7. The van der Waals surface area contributed by atoms with Gasteiger partial charge in [0.05, 0.1) is 6.04 Å². The molecule has 4 nitrogen and oxygen atoms in total. The molecular formula is C12H21N3O. The summed E-state index contributed by atoms with van der Waals surface area (Å²) in [4.78, 5) is 0. The standard InChI is InChI=1S/C12H21N3O/c1-3-10(13-4-2)12-15-14-11(16-12)9-7-5-6-8-9/h9-10,13H,3-8H2,1-2H3. The number of nitrogens with zero attached hydrogens (tertiary/aromatic N) is 2. The van der Waals surface area contributed by atoms with Crippen LogP contribution in [0.5, 0.6) is 0 Å². The number of hydrogen-bond acceptors (Lipinski definition) is 4. The number of rotatable bonds is 5. The molecule has 0 spiro atoms. The van der Waals surface area contributed by atoms with Crippen LogP contribution in [0.4, 0.5) is 0 Å². The monoisotopic (exact) mass is 223 g/mol. The van der Waals surface area contributed by atoms with Crippen LogP contribution >= 0.6 is 0 Å². The summed E-state index contributed by atoms with van der Waals surface area (Å²) in [6, 6.07) is 0.215. The van der Waals surface area contributed by atoms with E-state index in [4.69, 9.17) is 4.42 Å². The number of aromatic nitrogens is 2. The zero-order valence-corrected chi connectivity index (χ0v) is 10.2. The minimum absolute atomic E-state index is 0.215. The molecule has 1 heterocycles. The van der Waals surface area contributed by atoms with Crippen LogP contribution in [0.1, 0.15) is 69.7 Å². The van der Waals surface area contributed by atoms with Gasteiger partial charge in [0.15, 0.2) is 0 Å². The lowest BCUT2D eigenvalue weighted by Crippen LogP contribution is -2.20. The van der Waals surface area contributed by atoms with Gasteiger partial charge in [0.25, 0.3) is 0 Å². The summed E-state index contributed by atoms with van der Waals surface area (Å²) in [6.45, 7) is 5.16. The third-order valence-corrected chi connectivity index (χ3v) is 3.32. The second-order valence-electron chi connectivity index (χ2n) is 4.48. The lowest BCUT2D eigenvalue weighted by atomic mass is 10.1. The molecule has 0 aromatic carbocycles. The maximum absolute atomic E-state index is 5.79. The van der Waals surface area contributed by atoms with Crippen molar-refractivity contribution >= 4 is 0 Å². The Morgan fingerprint density at radius 3 is 2.69 bits per heavy atom. The SMILES string of the molecule is CCNC(CC)c1nnc(C2CCCC2)o1.